The Morgan fingerprint density at radius 2 is 2.24 bits per heavy atom. The van der Waals surface area contributed by atoms with Gasteiger partial charge in [-0.1, -0.05) is 42.3 Å². The molecule has 1 aromatic carbocycles. The minimum atomic E-state index is -0.00236. The van der Waals surface area contributed by atoms with E-state index in [-0.39, 0.29) is 6.04 Å². The van der Waals surface area contributed by atoms with Gasteiger partial charge in [-0.2, -0.15) is 0 Å². The molecule has 1 heterocycles. The van der Waals surface area contributed by atoms with Crippen LogP contribution in [0, 0.1) is 0 Å². The molecule has 2 rings (SSSR count). The van der Waals surface area contributed by atoms with Crippen LogP contribution in [-0.4, -0.2) is 11.5 Å². The molecule has 0 fully saturated rings. The molecule has 0 aliphatic rings. The summed E-state index contributed by atoms with van der Waals surface area (Å²) < 4.78 is 0. The third kappa shape index (κ3) is 2.80. The van der Waals surface area contributed by atoms with Crippen molar-refractivity contribution >= 4 is 34.5 Å². The summed E-state index contributed by atoms with van der Waals surface area (Å²) in [5.41, 5.74) is 3.76. The van der Waals surface area contributed by atoms with E-state index in [0.717, 1.165) is 17.8 Å². The quantitative estimate of drug-likeness (QED) is 0.913. The zero-order valence-electron chi connectivity index (χ0n) is 9.28. The van der Waals surface area contributed by atoms with Crippen LogP contribution in [0.5, 0.6) is 0 Å². The Bertz CT molecular complexity index is 485. The highest BCUT2D eigenvalue weighted by atomic mass is 35.5. The SMILES string of the molecule is CCNC(c1cscn1)c1cccc(Cl)c1Cl. The molecule has 2 nitrogen and oxygen atoms in total. The number of halogens is 2. The van der Waals surface area contributed by atoms with Crippen LogP contribution >= 0.6 is 34.5 Å². The van der Waals surface area contributed by atoms with Gasteiger partial charge < -0.3 is 5.32 Å². The summed E-state index contributed by atoms with van der Waals surface area (Å²) in [6, 6.07) is 5.66. The lowest BCUT2D eigenvalue weighted by Crippen LogP contribution is -2.22. The highest BCUT2D eigenvalue weighted by Gasteiger charge is 2.18. The van der Waals surface area contributed by atoms with Crippen LogP contribution in [-0.2, 0) is 0 Å². The Morgan fingerprint density at radius 3 is 2.88 bits per heavy atom. The maximum atomic E-state index is 6.24. The number of nitrogens with one attached hydrogen (secondary N) is 1. The number of aromatic nitrogens is 1. The Kier molecular flexibility index (Phi) is 4.40. The zero-order valence-corrected chi connectivity index (χ0v) is 11.6. The minimum Gasteiger partial charge on any atom is -0.305 e. The van der Waals surface area contributed by atoms with Crippen molar-refractivity contribution in [1.29, 1.82) is 0 Å². The number of benzene rings is 1. The fraction of sp³-hybridized carbons (Fsp3) is 0.250. The molecule has 90 valence electrons. The average Bonchev–Trinajstić information content (AvgIpc) is 2.84. The molecule has 1 unspecified atom stereocenters. The first-order valence-corrected chi connectivity index (χ1v) is 6.99. The molecule has 17 heavy (non-hydrogen) atoms. The molecule has 0 bridgehead atoms. The molecule has 0 aliphatic carbocycles. The second-order valence-corrected chi connectivity index (χ2v) is 5.05. The largest absolute Gasteiger partial charge is 0.305 e. The minimum absolute atomic E-state index is 0.00236. The van der Waals surface area contributed by atoms with Crippen LogP contribution in [0.15, 0.2) is 29.1 Å². The molecule has 5 heteroatoms. The van der Waals surface area contributed by atoms with Crippen molar-refractivity contribution in [1.82, 2.24) is 10.3 Å². The van der Waals surface area contributed by atoms with Gasteiger partial charge in [0.25, 0.3) is 0 Å². The number of thiazole rings is 1. The first-order chi connectivity index (χ1) is 8.24. The van der Waals surface area contributed by atoms with Gasteiger partial charge in [-0.15, -0.1) is 11.3 Å². The molecule has 0 amide bonds. The van der Waals surface area contributed by atoms with E-state index < -0.39 is 0 Å². The van der Waals surface area contributed by atoms with E-state index in [0.29, 0.717) is 10.0 Å². The number of rotatable bonds is 4. The molecule has 0 aliphatic heterocycles. The van der Waals surface area contributed by atoms with E-state index in [9.17, 15) is 0 Å². The number of hydrogen-bond donors (Lipinski definition) is 1. The van der Waals surface area contributed by atoms with Crippen molar-refractivity contribution in [3.8, 4) is 0 Å². The van der Waals surface area contributed by atoms with E-state index in [2.05, 4.69) is 17.2 Å². The van der Waals surface area contributed by atoms with E-state index in [1.807, 2.05) is 23.0 Å². The third-order valence-corrected chi connectivity index (χ3v) is 3.89. The summed E-state index contributed by atoms with van der Waals surface area (Å²) in [5, 5.41) is 6.55. The Hall–Kier alpha value is -0.610. The fourth-order valence-corrected chi connectivity index (χ4v) is 2.68. The summed E-state index contributed by atoms with van der Waals surface area (Å²) >= 11 is 13.9. The van der Waals surface area contributed by atoms with Crippen molar-refractivity contribution in [2.75, 3.05) is 6.54 Å². The van der Waals surface area contributed by atoms with Crippen molar-refractivity contribution in [2.45, 2.75) is 13.0 Å². The predicted molar refractivity (Wildman–Crippen MR) is 74.1 cm³/mol. The smallest absolute Gasteiger partial charge is 0.0795 e. The molecular formula is C12H12Cl2N2S. The topological polar surface area (TPSA) is 24.9 Å². The molecule has 0 saturated carbocycles. The van der Waals surface area contributed by atoms with Crippen molar-refractivity contribution in [3.05, 3.63) is 50.4 Å². The van der Waals surface area contributed by atoms with Gasteiger partial charge >= 0.3 is 0 Å². The lowest BCUT2D eigenvalue weighted by molar-refractivity contribution is 0.619. The Balaban J connectivity index is 2.43. The molecule has 1 N–H and O–H groups in total. The summed E-state index contributed by atoms with van der Waals surface area (Å²) in [6.45, 7) is 2.89. The Morgan fingerprint density at radius 1 is 1.41 bits per heavy atom. The van der Waals surface area contributed by atoms with Crippen LogP contribution in [0.4, 0.5) is 0 Å². The van der Waals surface area contributed by atoms with E-state index in [4.69, 9.17) is 23.2 Å². The molecule has 0 radical (unpaired) electrons. The second kappa shape index (κ2) is 5.83. The van der Waals surface area contributed by atoms with Gasteiger partial charge in [-0.05, 0) is 18.2 Å². The molecule has 2 aromatic rings. The van der Waals surface area contributed by atoms with Gasteiger partial charge in [0.2, 0.25) is 0 Å². The van der Waals surface area contributed by atoms with E-state index in [1.165, 1.54) is 0 Å². The van der Waals surface area contributed by atoms with Crippen LogP contribution in [0.3, 0.4) is 0 Å². The Labute approximate surface area is 115 Å². The van der Waals surface area contributed by atoms with Crippen LogP contribution in [0.1, 0.15) is 24.2 Å². The molecular weight excluding hydrogens is 275 g/mol. The van der Waals surface area contributed by atoms with Gasteiger partial charge in [0, 0.05) is 5.38 Å². The van der Waals surface area contributed by atoms with Crippen molar-refractivity contribution in [3.63, 3.8) is 0 Å². The van der Waals surface area contributed by atoms with Crippen molar-refractivity contribution in [2.24, 2.45) is 0 Å². The highest BCUT2D eigenvalue weighted by molar-refractivity contribution is 7.07. The molecule has 0 saturated heterocycles. The highest BCUT2D eigenvalue weighted by Crippen LogP contribution is 2.32. The standard InChI is InChI=1S/C12H12Cl2N2S/c1-2-15-12(10-6-17-7-16-10)8-4-3-5-9(13)11(8)14/h3-7,12,15H,2H2,1H3. The monoisotopic (exact) mass is 286 g/mol. The molecule has 1 aromatic heterocycles. The van der Waals surface area contributed by atoms with Gasteiger partial charge in [-0.25, -0.2) is 4.98 Å². The third-order valence-electron chi connectivity index (χ3n) is 2.45. The van der Waals surface area contributed by atoms with Crippen LogP contribution in [0.2, 0.25) is 10.0 Å². The van der Waals surface area contributed by atoms with E-state index >= 15 is 0 Å². The lowest BCUT2D eigenvalue weighted by atomic mass is 10.0. The van der Waals surface area contributed by atoms with Gasteiger partial charge in [-0.3, -0.25) is 0 Å². The second-order valence-electron chi connectivity index (χ2n) is 3.55. The first kappa shape index (κ1) is 12.8. The zero-order chi connectivity index (χ0) is 12.3. The summed E-state index contributed by atoms with van der Waals surface area (Å²) in [7, 11) is 0. The first-order valence-electron chi connectivity index (χ1n) is 5.29. The normalized spacial score (nSPS) is 12.6. The summed E-state index contributed by atoms with van der Waals surface area (Å²) in [4.78, 5) is 4.34. The van der Waals surface area contributed by atoms with Gasteiger partial charge in [0.15, 0.2) is 0 Å². The summed E-state index contributed by atoms with van der Waals surface area (Å²) in [6.07, 6.45) is 0. The molecule has 0 spiro atoms. The maximum Gasteiger partial charge on any atom is 0.0795 e. The van der Waals surface area contributed by atoms with Crippen LogP contribution < -0.4 is 5.32 Å². The number of hydrogen-bond acceptors (Lipinski definition) is 3. The molecule has 1 atom stereocenters. The van der Waals surface area contributed by atoms with Gasteiger partial charge in [0.05, 0.1) is 27.3 Å². The predicted octanol–water partition coefficient (Wildman–Crippen LogP) is 4.15. The average molecular weight is 287 g/mol. The van der Waals surface area contributed by atoms with E-state index in [1.54, 1.807) is 17.4 Å². The van der Waals surface area contributed by atoms with Crippen LogP contribution in [0.25, 0.3) is 0 Å². The lowest BCUT2D eigenvalue weighted by Gasteiger charge is -2.18. The van der Waals surface area contributed by atoms with Gasteiger partial charge in [0.1, 0.15) is 0 Å². The maximum absolute atomic E-state index is 6.24. The fourth-order valence-electron chi connectivity index (χ4n) is 1.69. The summed E-state index contributed by atoms with van der Waals surface area (Å²) in [5.74, 6) is 0. The van der Waals surface area contributed by atoms with Crippen molar-refractivity contribution < 1.29 is 0 Å². The number of nitrogens with zero attached hydrogens (tertiary/aromatic N) is 1.